The van der Waals surface area contributed by atoms with E-state index in [2.05, 4.69) is 22.7 Å². The van der Waals surface area contributed by atoms with E-state index in [4.69, 9.17) is 4.52 Å². The lowest BCUT2D eigenvalue weighted by atomic mass is 9.82. The molecule has 1 aromatic rings. The number of rotatable bonds is 6. The Labute approximate surface area is 103 Å². The summed E-state index contributed by atoms with van der Waals surface area (Å²) >= 11 is 0. The van der Waals surface area contributed by atoms with Crippen molar-refractivity contribution in [2.75, 3.05) is 19.6 Å². The number of hydrogen-bond donors (Lipinski definition) is 2. The van der Waals surface area contributed by atoms with Gasteiger partial charge in [0.05, 0.1) is 12.2 Å². The van der Waals surface area contributed by atoms with E-state index in [0.717, 1.165) is 37.6 Å². The topological polar surface area (TPSA) is 50.1 Å². The van der Waals surface area contributed by atoms with Gasteiger partial charge in [-0.3, -0.25) is 0 Å². The van der Waals surface area contributed by atoms with Crippen molar-refractivity contribution in [1.29, 1.82) is 0 Å². The van der Waals surface area contributed by atoms with Crippen LogP contribution in [0.4, 0.5) is 0 Å². The first-order valence-corrected chi connectivity index (χ1v) is 6.58. The molecule has 0 amide bonds. The Balaban J connectivity index is 1.79. The van der Waals surface area contributed by atoms with Crippen LogP contribution in [0.25, 0.3) is 0 Å². The molecule has 2 N–H and O–H groups in total. The van der Waals surface area contributed by atoms with Crippen LogP contribution in [0.2, 0.25) is 0 Å². The van der Waals surface area contributed by atoms with E-state index in [-0.39, 0.29) is 0 Å². The molecule has 0 bridgehead atoms. The monoisotopic (exact) mass is 237 g/mol. The van der Waals surface area contributed by atoms with E-state index in [1.165, 1.54) is 19.3 Å². The van der Waals surface area contributed by atoms with Crippen LogP contribution in [0.3, 0.4) is 0 Å². The highest BCUT2D eigenvalue weighted by atomic mass is 16.5. The molecule has 2 heterocycles. The molecule has 0 radical (unpaired) electrons. The minimum Gasteiger partial charge on any atom is -0.360 e. The Bertz CT molecular complexity index is 342. The van der Waals surface area contributed by atoms with Crippen molar-refractivity contribution in [3.8, 4) is 0 Å². The van der Waals surface area contributed by atoms with Crippen molar-refractivity contribution in [2.24, 2.45) is 5.41 Å². The number of nitrogens with zero attached hydrogens (tertiary/aromatic N) is 1. The predicted molar refractivity (Wildman–Crippen MR) is 67.8 cm³/mol. The van der Waals surface area contributed by atoms with Crippen molar-refractivity contribution < 1.29 is 4.52 Å². The number of aryl methyl sites for hydroxylation is 1. The summed E-state index contributed by atoms with van der Waals surface area (Å²) in [6, 6.07) is 1.99. The third kappa shape index (κ3) is 3.30. The quantitative estimate of drug-likeness (QED) is 0.793. The summed E-state index contributed by atoms with van der Waals surface area (Å²) in [7, 11) is 0. The van der Waals surface area contributed by atoms with Crippen LogP contribution < -0.4 is 10.6 Å². The maximum Gasteiger partial charge on any atom is 0.150 e. The van der Waals surface area contributed by atoms with E-state index in [9.17, 15) is 0 Å². The molecule has 1 aliphatic heterocycles. The van der Waals surface area contributed by atoms with E-state index in [1.807, 2.05) is 13.0 Å². The summed E-state index contributed by atoms with van der Waals surface area (Å²) in [5.41, 5.74) is 1.40. The maximum absolute atomic E-state index is 5.19. The normalized spacial score (nSPS) is 24.4. The van der Waals surface area contributed by atoms with Gasteiger partial charge in [0.25, 0.3) is 0 Å². The molecular weight excluding hydrogens is 214 g/mol. The first kappa shape index (κ1) is 12.6. The Hall–Kier alpha value is -0.870. The molecule has 0 saturated carbocycles. The first-order chi connectivity index (χ1) is 8.24. The zero-order valence-electron chi connectivity index (χ0n) is 10.9. The molecule has 1 fully saturated rings. The van der Waals surface area contributed by atoms with Gasteiger partial charge in [-0.2, -0.15) is 0 Å². The summed E-state index contributed by atoms with van der Waals surface area (Å²) in [6.45, 7) is 8.36. The fourth-order valence-corrected chi connectivity index (χ4v) is 2.73. The zero-order chi connectivity index (χ0) is 12.1. The van der Waals surface area contributed by atoms with E-state index >= 15 is 0 Å². The van der Waals surface area contributed by atoms with Gasteiger partial charge < -0.3 is 15.2 Å². The van der Waals surface area contributed by atoms with Gasteiger partial charge in [0.1, 0.15) is 0 Å². The Morgan fingerprint density at radius 3 is 3.06 bits per heavy atom. The molecular formula is C13H23N3O. The number of hydrogen-bond acceptors (Lipinski definition) is 4. The van der Waals surface area contributed by atoms with Crippen LogP contribution in [0.5, 0.6) is 0 Å². The molecule has 1 aliphatic rings. The highest BCUT2D eigenvalue weighted by molar-refractivity contribution is 5.02. The third-order valence-electron chi connectivity index (χ3n) is 3.59. The van der Waals surface area contributed by atoms with Crippen molar-refractivity contribution in [1.82, 2.24) is 15.8 Å². The Morgan fingerprint density at radius 1 is 1.59 bits per heavy atom. The van der Waals surface area contributed by atoms with Crippen LogP contribution in [0.1, 0.15) is 37.6 Å². The Morgan fingerprint density at radius 2 is 2.47 bits per heavy atom. The highest BCUT2D eigenvalue weighted by Gasteiger charge is 2.32. The molecule has 1 aromatic heterocycles. The SMILES string of the molecule is CCCC1(CNCc2cc(C)no2)CCNC1. The maximum atomic E-state index is 5.19. The molecule has 1 unspecified atom stereocenters. The van der Waals surface area contributed by atoms with Gasteiger partial charge in [-0.15, -0.1) is 0 Å². The lowest BCUT2D eigenvalue weighted by Gasteiger charge is -2.28. The van der Waals surface area contributed by atoms with Crippen molar-refractivity contribution in [2.45, 2.75) is 39.7 Å². The molecule has 1 saturated heterocycles. The second kappa shape index (κ2) is 5.65. The second-order valence-corrected chi connectivity index (χ2v) is 5.21. The molecule has 17 heavy (non-hydrogen) atoms. The molecule has 4 heteroatoms. The van der Waals surface area contributed by atoms with E-state index < -0.39 is 0 Å². The van der Waals surface area contributed by atoms with E-state index in [1.54, 1.807) is 0 Å². The van der Waals surface area contributed by atoms with Crippen LogP contribution in [0.15, 0.2) is 10.6 Å². The van der Waals surface area contributed by atoms with Crippen molar-refractivity contribution in [3.63, 3.8) is 0 Å². The largest absolute Gasteiger partial charge is 0.360 e. The van der Waals surface area contributed by atoms with Crippen LogP contribution >= 0.6 is 0 Å². The third-order valence-corrected chi connectivity index (χ3v) is 3.59. The van der Waals surface area contributed by atoms with Gasteiger partial charge in [-0.1, -0.05) is 18.5 Å². The molecule has 96 valence electrons. The molecule has 0 aromatic carbocycles. The van der Waals surface area contributed by atoms with Crippen molar-refractivity contribution >= 4 is 0 Å². The average molecular weight is 237 g/mol. The van der Waals surface area contributed by atoms with Crippen LogP contribution in [-0.2, 0) is 6.54 Å². The minimum atomic E-state index is 0.448. The first-order valence-electron chi connectivity index (χ1n) is 6.58. The smallest absolute Gasteiger partial charge is 0.150 e. The minimum absolute atomic E-state index is 0.448. The Kier molecular flexibility index (Phi) is 4.18. The lowest BCUT2D eigenvalue weighted by molar-refractivity contribution is 0.268. The highest BCUT2D eigenvalue weighted by Crippen LogP contribution is 2.30. The average Bonchev–Trinajstić information content (AvgIpc) is 2.90. The summed E-state index contributed by atoms with van der Waals surface area (Å²) in [6.07, 6.45) is 3.83. The zero-order valence-corrected chi connectivity index (χ0v) is 10.9. The van der Waals surface area contributed by atoms with E-state index in [0.29, 0.717) is 5.41 Å². The van der Waals surface area contributed by atoms with Gasteiger partial charge in [0, 0.05) is 19.2 Å². The van der Waals surface area contributed by atoms with Gasteiger partial charge >= 0.3 is 0 Å². The fraction of sp³-hybridized carbons (Fsp3) is 0.769. The molecule has 0 spiro atoms. The predicted octanol–water partition coefficient (Wildman–Crippen LogP) is 1.85. The van der Waals surface area contributed by atoms with Crippen LogP contribution in [-0.4, -0.2) is 24.8 Å². The fourth-order valence-electron chi connectivity index (χ4n) is 2.73. The number of aromatic nitrogens is 1. The lowest BCUT2D eigenvalue weighted by Crippen LogP contribution is -2.35. The standard InChI is InChI=1S/C13H23N3O/c1-3-4-13(5-6-14-9-13)10-15-8-12-7-11(2)16-17-12/h7,14-15H,3-6,8-10H2,1-2H3. The summed E-state index contributed by atoms with van der Waals surface area (Å²) in [5, 5.41) is 10.9. The molecule has 1 atom stereocenters. The molecule has 4 nitrogen and oxygen atoms in total. The van der Waals surface area contributed by atoms with Crippen LogP contribution in [0, 0.1) is 12.3 Å². The van der Waals surface area contributed by atoms with Gasteiger partial charge in [0.2, 0.25) is 0 Å². The van der Waals surface area contributed by atoms with Gasteiger partial charge in [-0.05, 0) is 31.7 Å². The number of nitrogens with one attached hydrogen (secondary N) is 2. The second-order valence-electron chi connectivity index (χ2n) is 5.21. The summed E-state index contributed by atoms with van der Waals surface area (Å²) < 4.78 is 5.19. The summed E-state index contributed by atoms with van der Waals surface area (Å²) in [4.78, 5) is 0. The van der Waals surface area contributed by atoms with Gasteiger partial charge in [-0.25, -0.2) is 0 Å². The molecule has 2 rings (SSSR count). The van der Waals surface area contributed by atoms with Crippen molar-refractivity contribution in [3.05, 3.63) is 17.5 Å². The molecule has 0 aliphatic carbocycles. The van der Waals surface area contributed by atoms with Gasteiger partial charge in [0.15, 0.2) is 5.76 Å². The summed E-state index contributed by atoms with van der Waals surface area (Å²) in [5.74, 6) is 0.931.